The second-order valence-electron chi connectivity index (χ2n) is 4.84. The lowest BCUT2D eigenvalue weighted by atomic mass is 10.1. The lowest BCUT2D eigenvalue weighted by molar-refractivity contribution is 0.506. The van der Waals surface area contributed by atoms with E-state index in [-0.39, 0.29) is 0 Å². The highest BCUT2D eigenvalue weighted by atomic mass is 19.2. The zero-order valence-corrected chi connectivity index (χ0v) is 9.63. The molecule has 0 radical (unpaired) electrons. The van der Waals surface area contributed by atoms with Gasteiger partial charge < -0.3 is 5.32 Å². The maximum absolute atomic E-state index is 13.0. The minimum atomic E-state index is -0.763. The quantitative estimate of drug-likeness (QED) is 0.830. The zero-order valence-electron chi connectivity index (χ0n) is 9.63. The topological polar surface area (TPSA) is 12.0 Å². The zero-order chi connectivity index (χ0) is 11.7. The van der Waals surface area contributed by atoms with Gasteiger partial charge in [0.05, 0.1) is 0 Å². The van der Waals surface area contributed by atoms with Gasteiger partial charge in [-0.25, -0.2) is 8.78 Å². The minimum Gasteiger partial charge on any atom is -0.314 e. The minimum absolute atomic E-state index is 0.404. The highest BCUT2D eigenvalue weighted by Gasteiger charge is 2.38. The van der Waals surface area contributed by atoms with E-state index in [1.807, 2.05) is 0 Å². The first kappa shape index (κ1) is 11.5. The summed E-state index contributed by atoms with van der Waals surface area (Å²) >= 11 is 0. The lowest BCUT2D eigenvalue weighted by Crippen LogP contribution is -2.25. The Hall–Kier alpha value is -0.960. The Bertz CT molecular complexity index is 376. The molecule has 1 aromatic carbocycles. The van der Waals surface area contributed by atoms with Crippen LogP contribution in [0.2, 0.25) is 0 Å². The molecule has 0 spiro atoms. The van der Waals surface area contributed by atoms with Gasteiger partial charge in [0.1, 0.15) is 0 Å². The molecule has 16 heavy (non-hydrogen) atoms. The van der Waals surface area contributed by atoms with E-state index in [4.69, 9.17) is 0 Å². The highest BCUT2D eigenvalue weighted by Crippen LogP contribution is 2.47. The van der Waals surface area contributed by atoms with Crippen molar-refractivity contribution in [3.05, 3.63) is 35.4 Å². The molecule has 0 bridgehead atoms. The first-order chi connectivity index (χ1) is 7.58. The molecule has 0 aliphatic heterocycles. The van der Waals surface area contributed by atoms with Crippen molar-refractivity contribution in [1.29, 1.82) is 0 Å². The molecule has 2 atom stereocenters. The van der Waals surface area contributed by atoms with Crippen LogP contribution < -0.4 is 5.32 Å². The van der Waals surface area contributed by atoms with E-state index >= 15 is 0 Å². The van der Waals surface area contributed by atoms with Gasteiger partial charge in [0.15, 0.2) is 11.6 Å². The second kappa shape index (κ2) is 4.50. The van der Waals surface area contributed by atoms with Gasteiger partial charge in [-0.05, 0) is 42.5 Å². The maximum Gasteiger partial charge on any atom is 0.159 e. The number of nitrogens with one attached hydrogen (secondary N) is 1. The van der Waals surface area contributed by atoms with Gasteiger partial charge in [0, 0.05) is 6.04 Å². The standard InChI is InChI=1S/C13H17F2N/c1-8(2)16-7-10-5-11(10)9-3-4-12(14)13(15)6-9/h3-4,6,8,10-11,16H,5,7H2,1-2H3. The van der Waals surface area contributed by atoms with Crippen LogP contribution >= 0.6 is 0 Å². The van der Waals surface area contributed by atoms with E-state index in [1.165, 1.54) is 12.1 Å². The van der Waals surface area contributed by atoms with E-state index in [0.717, 1.165) is 18.5 Å². The molecule has 2 rings (SSSR count). The number of hydrogen-bond donors (Lipinski definition) is 1. The SMILES string of the molecule is CC(C)NCC1CC1c1ccc(F)c(F)c1. The predicted octanol–water partition coefficient (Wildman–Crippen LogP) is 3.07. The first-order valence-corrected chi connectivity index (χ1v) is 5.76. The van der Waals surface area contributed by atoms with Crippen LogP contribution in [-0.2, 0) is 0 Å². The predicted molar refractivity (Wildman–Crippen MR) is 60.3 cm³/mol. The molecule has 1 fully saturated rings. The summed E-state index contributed by atoms with van der Waals surface area (Å²) in [6.45, 7) is 5.17. The van der Waals surface area contributed by atoms with E-state index in [9.17, 15) is 8.78 Å². The molecule has 0 saturated heterocycles. The molecule has 3 heteroatoms. The summed E-state index contributed by atoms with van der Waals surface area (Å²) in [6.07, 6.45) is 1.07. The first-order valence-electron chi connectivity index (χ1n) is 5.76. The van der Waals surface area contributed by atoms with Gasteiger partial charge in [0.2, 0.25) is 0 Å². The summed E-state index contributed by atoms with van der Waals surface area (Å²) < 4.78 is 25.8. The van der Waals surface area contributed by atoms with Crippen LogP contribution in [0.15, 0.2) is 18.2 Å². The largest absolute Gasteiger partial charge is 0.314 e. The van der Waals surface area contributed by atoms with E-state index in [1.54, 1.807) is 6.07 Å². The monoisotopic (exact) mass is 225 g/mol. The third-order valence-electron chi connectivity index (χ3n) is 3.08. The molecule has 0 heterocycles. The average Bonchev–Trinajstić information content (AvgIpc) is 2.98. The average molecular weight is 225 g/mol. The summed E-state index contributed by atoms with van der Waals surface area (Å²) in [6, 6.07) is 4.72. The van der Waals surface area contributed by atoms with Crippen LogP contribution in [0.3, 0.4) is 0 Å². The third-order valence-corrected chi connectivity index (χ3v) is 3.08. The molecule has 1 aliphatic rings. The molecule has 2 unspecified atom stereocenters. The Kier molecular flexibility index (Phi) is 3.24. The normalized spacial score (nSPS) is 23.8. The summed E-state index contributed by atoms with van der Waals surface area (Å²) in [4.78, 5) is 0. The molecule has 1 aliphatic carbocycles. The highest BCUT2D eigenvalue weighted by molar-refractivity contribution is 5.27. The van der Waals surface area contributed by atoms with Crippen molar-refractivity contribution in [1.82, 2.24) is 5.32 Å². The van der Waals surface area contributed by atoms with Crippen LogP contribution in [0.1, 0.15) is 31.7 Å². The second-order valence-corrected chi connectivity index (χ2v) is 4.84. The van der Waals surface area contributed by atoms with Gasteiger partial charge in [-0.2, -0.15) is 0 Å². The Morgan fingerprint density at radius 3 is 2.69 bits per heavy atom. The molecule has 0 aromatic heterocycles. The summed E-state index contributed by atoms with van der Waals surface area (Å²) in [7, 11) is 0. The van der Waals surface area contributed by atoms with Crippen molar-refractivity contribution in [3.8, 4) is 0 Å². The Morgan fingerprint density at radius 1 is 1.31 bits per heavy atom. The van der Waals surface area contributed by atoms with Crippen molar-refractivity contribution in [2.75, 3.05) is 6.54 Å². The van der Waals surface area contributed by atoms with Crippen LogP contribution in [-0.4, -0.2) is 12.6 Å². The molecule has 1 aromatic rings. The van der Waals surface area contributed by atoms with Gasteiger partial charge >= 0.3 is 0 Å². The maximum atomic E-state index is 13.0. The molecule has 0 amide bonds. The fourth-order valence-electron chi connectivity index (χ4n) is 2.01. The van der Waals surface area contributed by atoms with Crippen molar-refractivity contribution in [2.24, 2.45) is 5.92 Å². The summed E-state index contributed by atoms with van der Waals surface area (Å²) in [5.74, 6) is -0.519. The van der Waals surface area contributed by atoms with Gasteiger partial charge in [0.25, 0.3) is 0 Å². The van der Waals surface area contributed by atoms with Crippen molar-refractivity contribution < 1.29 is 8.78 Å². The number of halogens is 2. The van der Waals surface area contributed by atoms with E-state index in [2.05, 4.69) is 19.2 Å². The van der Waals surface area contributed by atoms with Crippen LogP contribution in [0.4, 0.5) is 8.78 Å². The number of hydrogen-bond acceptors (Lipinski definition) is 1. The molecule has 1 nitrogen and oxygen atoms in total. The van der Waals surface area contributed by atoms with Crippen molar-refractivity contribution in [3.63, 3.8) is 0 Å². The van der Waals surface area contributed by atoms with Crippen LogP contribution in [0.25, 0.3) is 0 Å². The summed E-state index contributed by atoms with van der Waals surface area (Å²) in [5.41, 5.74) is 0.925. The Morgan fingerprint density at radius 2 is 2.06 bits per heavy atom. The third kappa shape index (κ3) is 2.59. The molecule has 1 N–H and O–H groups in total. The Labute approximate surface area is 94.9 Å². The van der Waals surface area contributed by atoms with Crippen molar-refractivity contribution in [2.45, 2.75) is 32.2 Å². The summed E-state index contributed by atoms with van der Waals surface area (Å²) in [5, 5.41) is 3.37. The van der Waals surface area contributed by atoms with Crippen molar-refractivity contribution >= 4 is 0 Å². The molecule has 1 saturated carbocycles. The Balaban J connectivity index is 1.93. The number of rotatable bonds is 4. The van der Waals surface area contributed by atoms with Gasteiger partial charge in [-0.3, -0.25) is 0 Å². The van der Waals surface area contributed by atoms with Crippen LogP contribution in [0.5, 0.6) is 0 Å². The van der Waals surface area contributed by atoms with E-state index < -0.39 is 11.6 Å². The fourth-order valence-corrected chi connectivity index (χ4v) is 2.01. The molecular formula is C13H17F2N. The van der Waals surface area contributed by atoms with E-state index in [0.29, 0.717) is 17.9 Å². The molecular weight excluding hydrogens is 208 g/mol. The smallest absolute Gasteiger partial charge is 0.159 e. The van der Waals surface area contributed by atoms with Gasteiger partial charge in [-0.15, -0.1) is 0 Å². The lowest BCUT2D eigenvalue weighted by Gasteiger charge is -2.07. The molecule has 88 valence electrons. The number of benzene rings is 1. The fraction of sp³-hybridized carbons (Fsp3) is 0.538. The van der Waals surface area contributed by atoms with Crippen LogP contribution in [0, 0.1) is 17.6 Å². The van der Waals surface area contributed by atoms with Gasteiger partial charge in [-0.1, -0.05) is 19.9 Å².